The van der Waals surface area contributed by atoms with Crippen LogP contribution in [0.1, 0.15) is 16.2 Å². The number of carboxylic acid groups (broad SMARTS) is 1. The molecule has 5 heteroatoms. The van der Waals surface area contributed by atoms with Crippen LogP contribution < -0.4 is 0 Å². The Morgan fingerprint density at radius 3 is 2.58 bits per heavy atom. The molecule has 0 aliphatic heterocycles. The Labute approximate surface area is 109 Å². The van der Waals surface area contributed by atoms with Crippen LogP contribution in [-0.4, -0.2) is 25.7 Å². The van der Waals surface area contributed by atoms with Gasteiger partial charge in [0, 0.05) is 5.56 Å². The molecular weight excluding hydrogens is 242 g/mol. The normalized spacial score (nSPS) is 10.8. The molecule has 19 heavy (non-hydrogen) atoms. The predicted octanol–water partition coefficient (Wildman–Crippen LogP) is 2.40. The summed E-state index contributed by atoms with van der Waals surface area (Å²) in [5.74, 6) is -0.226. The highest BCUT2D eigenvalue weighted by molar-refractivity contribution is 5.88. The number of aromatic carboxylic acids is 1. The fourth-order valence-corrected chi connectivity index (χ4v) is 2.01. The van der Waals surface area contributed by atoms with Crippen molar-refractivity contribution in [2.24, 2.45) is 0 Å². The number of pyridine rings is 1. The van der Waals surface area contributed by atoms with Crippen LogP contribution in [0.5, 0.6) is 0 Å². The van der Waals surface area contributed by atoms with E-state index in [4.69, 9.17) is 5.11 Å². The first kappa shape index (κ1) is 11.4. The third-order valence-electron chi connectivity index (χ3n) is 2.89. The average molecular weight is 253 g/mol. The molecular formula is C14H11N3O2. The lowest BCUT2D eigenvalue weighted by Gasteiger charge is -2.04. The molecule has 94 valence electrons. The lowest BCUT2D eigenvalue weighted by Crippen LogP contribution is -1.97. The molecule has 3 rings (SSSR count). The summed E-state index contributed by atoms with van der Waals surface area (Å²) < 4.78 is 1.76. The molecule has 0 atom stereocenters. The van der Waals surface area contributed by atoms with E-state index >= 15 is 0 Å². The number of fused-ring (bicyclic) bond motifs is 1. The molecule has 0 radical (unpaired) electrons. The molecule has 0 fully saturated rings. The summed E-state index contributed by atoms with van der Waals surface area (Å²) in [5, 5.41) is 13.2. The molecule has 1 N–H and O–H groups in total. The first-order chi connectivity index (χ1) is 9.15. The largest absolute Gasteiger partial charge is 0.478 e. The Hall–Kier alpha value is -2.69. The number of hydrogen-bond donors (Lipinski definition) is 1. The van der Waals surface area contributed by atoms with Crippen molar-refractivity contribution in [2.45, 2.75) is 6.92 Å². The van der Waals surface area contributed by atoms with Gasteiger partial charge in [0.1, 0.15) is 5.82 Å². The third kappa shape index (κ3) is 1.95. The second kappa shape index (κ2) is 4.20. The van der Waals surface area contributed by atoms with Gasteiger partial charge in [0.2, 0.25) is 0 Å². The number of rotatable bonds is 2. The van der Waals surface area contributed by atoms with Gasteiger partial charge in [0.25, 0.3) is 0 Å². The maximum atomic E-state index is 10.8. The van der Waals surface area contributed by atoms with E-state index in [1.165, 1.54) is 0 Å². The number of carboxylic acids is 1. The van der Waals surface area contributed by atoms with Crippen LogP contribution in [-0.2, 0) is 0 Å². The molecule has 0 saturated carbocycles. The van der Waals surface area contributed by atoms with Crippen molar-refractivity contribution in [3.8, 4) is 11.3 Å². The van der Waals surface area contributed by atoms with Gasteiger partial charge in [0.15, 0.2) is 5.65 Å². The Morgan fingerprint density at radius 2 is 1.89 bits per heavy atom. The van der Waals surface area contributed by atoms with E-state index in [0.717, 1.165) is 16.9 Å². The van der Waals surface area contributed by atoms with Crippen molar-refractivity contribution in [2.75, 3.05) is 0 Å². The van der Waals surface area contributed by atoms with Gasteiger partial charge in [-0.3, -0.25) is 0 Å². The second-order valence-electron chi connectivity index (χ2n) is 4.22. The Bertz CT molecular complexity index is 760. The van der Waals surface area contributed by atoms with E-state index in [2.05, 4.69) is 10.1 Å². The molecule has 0 bridgehead atoms. The van der Waals surface area contributed by atoms with E-state index in [0.29, 0.717) is 5.82 Å². The van der Waals surface area contributed by atoms with Crippen LogP contribution in [0.4, 0.5) is 0 Å². The van der Waals surface area contributed by atoms with Gasteiger partial charge in [-0.1, -0.05) is 18.2 Å². The minimum atomic E-state index is -0.929. The highest BCUT2D eigenvalue weighted by Crippen LogP contribution is 2.20. The molecule has 3 aromatic rings. The van der Waals surface area contributed by atoms with Gasteiger partial charge < -0.3 is 5.11 Å². The zero-order valence-corrected chi connectivity index (χ0v) is 10.2. The smallest absolute Gasteiger partial charge is 0.335 e. The van der Waals surface area contributed by atoms with Crippen LogP contribution in [0.25, 0.3) is 16.9 Å². The zero-order valence-electron chi connectivity index (χ0n) is 10.2. The number of hydrogen-bond acceptors (Lipinski definition) is 3. The molecule has 0 aliphatic carbocycles. The van der Waals surface area contributed by atoms with Gasteiger partial charge in [-0.15, -0.1) is 0 Å². The van der Waals surface area contributed by atoms with Crippen LogP contribution in [0.3, 0.4) is 0 Å². The van der Waals surface area contributed by atoms with Crippen molar-refractivity contribution in [3.63, 3.8) is 0 Å². The van der Waals surface area contributed by atoms with E-state index < -0.39 is 5.97 Å². The minimum Gasteiger partial charge on any atom is -0.478 e. The van der Waals surface area contributed by atoms with Gasteiger partial charge in [-0.2, -0.15) is 5.10 Å². The number of aromatic nitrogens is 3. The quantitative estimate of drug-likeness (QED) is 0.761. The van der Waals surface area contributed by atoms with Crippen molar-refractivity contribution >= 4 is 11.6 Å². The summed E-state index contributed by atoms with van der Waals surface area (Å²) in [6.07, 6.45) is 0. The Morgan fingerprint density at radius 1 is 1.16 bits per heavy atom. The Kier molecular flexibility index (Phi) is 2.52. The summed E-state index contributed by atoms with van der Waals surface area (Å²) in [4.78, 5) is 15.1. The predicted molar refractivity (Wildman–Crippen MR) is 70.1 cm³/mol. The third-order valence-corrected chi connectivity index (χ3v) is 2.89. The molecule has 1 aromatic carbocycles. The monoisotopic (exact) mass is 253 g/mol. The van der Waals surface area contributed by atoms with Crippen molar-refractivity contribution < 1.29 is 9.90 Å². The summed E-state index contributed by atoms with van der Waals surface area (Å²) in [5.41, 5.74) is 2.83. The summed E-state index contributed by atoms with van der Waals surface area (Å²) in [6.45, 7) is 1.84. The molecule has 0 unspecified atom stereocenters. The second-order valence-corrected chi connectivity index (χ2v) is 4.22. The summed E-state index contributed by atoms with van der Waals surface area (Å²) in [6, 6.07) is 12.4. The number of benzene rings is 1. The van der Waals surface area contributed by atoms with Gasteiger partial charge in [-0.25, -0.2) is 14.3 Å². The van der Waals surface area contributed by atoms with E-state index in [1.54, 1.807) is 28.8 Å². The van der Waals surface area contributed by atoms with E-state index in [9.17, 15) is 4.79 Å². The standard InChI is InChI=1S/C14H11N3O2/c1-9-15-13-4-2-3-12(17(13)16-9)10-5-7-11(8-6-10)14(18)19/h2-8H,1H3,(H,18,19). The topological polar surface area (TPSA) is 67.5 Å². The maximum absolute atomic E-state index is 10.8. The molecule has 0 spiro atoms. The van der Waals surface area contributed by atoms with E-state index in [-0.39, 0.29) is 5.56 Å². The average Bonchev–Trinajstić information content (AvgIpc) is 2.78. The number of carbonyl (C=O) groups is 1. The van der Waals surface area contributed by atoms with Crippen LogP contribution in [0, 0.1) is 6.92 Å². The minimum absolute atomic E-state index is 0.269. The molecule has 0 aliphatic rings. The van der Waals surface area contributed by atoms with Crippen molar-refractivity contribution in [1.29, 1.82) is 0 Å². The van der Waals surface area contributed by atoms with Crippen LogP contribution >= 0.6 is 0 Å². The molecule has 2 aromatic heterocycles. The molecule has 0 saturated heterocycles. The maximum Gasteiger partial charge on any atom is 0.335 e. The van der Waals surface area contributed by atoms with Crippen LogP contribution in [0.2, 0.25) is 0 Å². The fraction of sp³-hybridized carbons (Fsp3) is 0.0714. The summed E-state index contributed by atoms with van der Waals surface area (Å²) >= 11 is 0. The lowest BCUT2D eigenvalue weighted by atomic mass is 10.1. The van der Waals surface area contributed by atoms with E-state index in [1.807, 2.05) is 25.1 Å². The van der Waals surface area contributed by atoms with Crippen LogP contribution in [0.15, 0.2) is 42.5 Å². The number of nitrogens with zero attached hydrogens (tertiary/aromatic N) is 3. The highest BCUT2D eigenvalue weighted by Gasteiger charge is 2.08. The zero-order chi connectivity index (χ0) is 13.4. The molecule has 2 heterocycles. The van der Waals surface area contributed by atoms with Crippen molar-refractivity contribution in [3.05, 3.63) is 53.9 Å². The first-order valence-corrected chi connectivity index (χ1v) is 5.81. The molecule has 0 amide bonds. The van der Waals surface area contributed by atoms with Crippen molar-refractivity contribution in [1.82, 2.24) is 14.6 Å². The molecule has 5 nitrogen and oxygen atoms in total. The van der Waals surface area contributed by atoms with Gasteiger partial charge in [0.05, 0.1) is 11.3 Å². The number of aryl methyl sites for hydroxylation is 1. The fourth-order valence-electron chi connectivity index (χ4n) is 2.01. The highest BCUT2D eigenvalue weighted by atomic mass is 16.4. The van der Waals surface area contributed by atoms with Gasteiger partial charge in [-0.05, 0) is 31.2 Å². The van der Waals surface area contributed by atoms with Gasteiger partial charge >= 0.3 is 5.97 Å². The summed E-state index contributed by atoms with van der Waals surface area (Å²) in [7, 11) is 0. The Balaban J connectivity index is 2.15. The first-order valence-electron chi connectivity index (χ1n) is 5.81. The lowest BCUT2D eigenvalue weighted by molar-refractivity contribution is 0.0697. The SMILES string of the molecule is Cc1nc2cccc(-c3ccc(C(=O)O)cc3)n2n1.